The summed E-state index contributed by atoms with van der Waals surface area (Å²) in [5, 5.41) is 4.37. The third-order valence-corrected chi connectivity index (χ3v) is 17.1. The SMILES string of the molecule is C[Si](C)(C)C1([Si](c2ccccc2)(c2ccccc2)c2ccccc2)CO1. The third kappa shape index (κ3) is 2.46. The van der Waals surface area contributed by atoms with Crippen LogP contribution in [-0.4, -0.2) is 27.6 Å². The summed E-state index contributed by atoms with van der Waals surface area (Å²) in [7, 11) is -3.95. The Kier molecular flexibility index (Phi) is 4.26. The Labute approximate surface area is 158 Å². The highest BCUT2D eigenvalue weighted by Gasteiger charge is 2.71. The zero-order valence-corrected chi connectivity index (χ0v) is 17.8. The lowest BCUT2D eigenvalue weighted by Gasteiger charge is -2.44. The first-order valence-electron chi connectivity index (χ1n) is 9.33. The van der Waals surface area contributed by atoms with Gasteiger partial charge in [0, 0.05) is 0 Å². The highest BCUT2D eigenvalue weighted by molar-refractivity contribution is 7.20. The first-order valence-corrected chi connectivity index (χ1v) is 14.8. The Morgan fingerprint density at radius 3 is 1.15 bits per heavy atom. The predicted molar refractivity (Wildman–Crippen MR) is 116 cm³/mol. The second-order valence-electron chi connectivity index (χ2n) is 8.21. The maximum absolute atomic E-state index is 6.51. The van der Waals surface area contributed by atoms with E-state index in [2.05, 4.69) is 111 Å². The van der Waals surface area contributed by atoms with E-state index in [-0.39, 0.29) is 4.85 Å². The number of rotatable bonds is 5. The maximum atomic E-state index is 6.51. The maximum Gasteiger partial charge on any atom is 0.181 e. The van der Waals surface area contributed by atoms with Crippen LogP contribution < -0.4 is 15.6 Å². The molecule has 1 aliphatic heterocycles. The van der Waals surface area contributed by atoms with Crippen molar-refractivity contribution in [3.63, 3.8) is 0 Å². The summed E-state index contributed by atoms with van der Waals surface area (Å²) in [5.41, 5.74) is 0. The monoisotopic (exact) mass is 374 g/mol. The molecule has 1 aliphatic rings. The molecule has 1 atom stereocenters. The lowest BCUT2D eigenvalue weighted by molar-refractivity contribution is 0.423. The lowest BCUT2D eigenvalue weighted by atomic mass is 10.3. The molecule has 0 bridgehead atoms. The van der Waals surface area contributed by atoms with Gasteiger partial charge in [0.1, 0.15) is 0 Å². The summed E-state index contributed by atoms with van der Waals surface area (Å²) in [5.74, 6) is 0. The fraction of sp³-hybridized carbons (Fsp3) is 0.217. The zero-order chi connectivity index (χ0) is 18.3. The van der Waals surface area contributed by atoms with E-state index < -0.39 is 16.1 Å². The molecule has 0 saturated carbocycles. The Bertz CT molecular complexity index is 770. The number of hydrogen-bond acceptors (Lipinski definition) is 1. The van der Waals surface area contributed by atoms with Gasteiger partial charge in [-0.05, 0) is 15.6 Å². The minimum atomic E-state index is -2.34. The second-order valence-corrected chi connectivity index (χ2v) is 18.1. The van der Waals surface area contributed by atoms with Gasteiger partial charge in [0.15, 0.2) is 8.07 Å². The number of hydrogen-bond donors (Lipinski definition) is 0. The molecule has 1 heterocycles. The molecule has 26 heavy (non-hydrogen) atoms. The number of benzene rings is 3. The minimum Gasteiger partial charge on any atom is -0.376 e. The van der Waals surface area contributed by atoms with Crippen molar-refractivity contribution in [3.8, 4) is 0 Å². The topological polar surface area (TPSA) is 12.5 Å². The van der Waals surface area contributed by atoms with Crippen LogP contribution in [0.1, 0.15) is 0 Å². The summed E-state index contributed by atoms with van der Waals surface area (Å²) in [6.45, 7) is 8.29. The molecule has 1 saturated heterocycles. The average Bonchev–Trinajstić information content (AvgIpc) is 3.47. The molecule has 3 aromatic rings. The van der Waals surface area contributed by atoms with Crippen molar-refractivity contribution >= 4 is 31.7 Å². The van der Waals surface area contributed by atoms with Crippen molar-refractivity contribution in [2.75, 3.05) is 6.61 Å². The summed E-state index contributed by atoms with van der Waals surface area (Å²) in [6.07, 6.45) is 0. The quantitative estimate of drug-likeness (QED) is 0.379. The summed E-state index contributed by atoms with van der Waals surface area (Å²) >= 11 is 0. The fourth-order valence-corrected chi connectivity index (χ4v) is 16.3. The van der Waals surface area contributed by atoms with E-state index in [1.165, 1.54) is 15.6 Å². The van der Waals surface area contributed by atoms with Gasteiger partial charge in [0.25, 0.3) is 0 Å². The van der Waals surface area contributed by atoms with Gasteiger partial charge in [0.05, 0.1) is 19.5 Å². The van der Waals surface area contributed by atoms with Crippen molar-refractivity contribution in [3.05, 3.63) is 91.0 Å². The van der Waals surface area contributed by atoms with E-state index >= 15 is 0 Å². The van der Waals surface area contributed by atoms with Crippen molar-refractivity contribution in [2.45, 2.75) is 24.5 Å². The Hall–Kier alpha value is -1.95. The molecule has 1 unspecified atom stereocenters. The van der Waals surface area contributed by atoms with Crippen LogP contribution >= 0.6 is 0 Å². The summed E-state index contributed by atoms with van der Waals surface area (Å²) in [4.78, 5) is -0.00986. The van der Waals surface area contributed by atoms with Crippen molar-refractivity contribution in [2.24, 2.45) is 0 Å². The molecule has 0 amide bonds. The van der Waals surface area contributed by atoms with Crippen LogP contribution in [-0.2, 0) is 4.74 Å². The fourth-order valence-electron chi connectivity index (χ4n) is 4.55. The molecule has 1 nitrogen and oxygen atoms in total. The smallest absolute Gasteiger partial charge is 0.181 e. The molecule has 0 spiro atoms. The van der Waals surface area contributed by atoms with E-state index in [0.29, 0.717) is 0 Å². The molecule has 3 heteroatoms. The Morgan fingerprint density at radius 1 is 0.615 bits per heavy atom. The normalized spacial score (nSPS) is 20.0. The summed E-state index contributed by atoms with van der Waals surface area (Å²) in [6, 6.07) is 33.4. The number of ether oxygens (including phenoxy) is 1. The van der Waals surface area contributed by atoms with Gasteiger partial charge in [-0.3, -0.25) is 0 Å². The van der Waals surface area contributed by atoms with E-state index in [1.54, 1.807) is 0 Å². The van der Waals surface area contributed by atoms with Gasteiger partial charge in [-0.2, -0.15) is 0 Å². The minimum absolute atomic E-state index is 0.00986. The average molecular weight is 375 g/mol. The van der Waals surface area contributed by atoms with Crippen LogP contribution in [0.4, 0.5) is 0 Å². The third-order valence-electron chi connectivity index (χ3n) is 5.87. The van der Waals surface area contributed by atoms with Crippen LogP contribution in [0, 0.1) is 0 Å². The molecule has 132 valence electrons. The molecule has 3 aromatic carbocycles. The molecule has 4 rings (SSSR count). The van der Waals surface area contributed by atoms with Gasteiger partial charge >= 0.3 is 0 Å². The highest BCUT2D eigenvalue weighted by Crippen LogP contribution is 2.44. The second kappa shape index (κ2) is 6.34. The van der Waals surface area contributed by atoms with E-state index in [1.807, 2.05) is 0 Å². The van der Waals surface area contributed by atoms with Gasteiger partial charge in [-0.1, -0.05) is 111 Å². The predicted octanol–water partition coefficient (Wildman–Crippen LogP) is 3.34. The molecular weight excluding hydrogens is 348 g/mol. The van der Waals surface area contributed by atoms with Gasteiger partial charge < -0.3 is 4.74 Å². The molecule has 1 fully saturated rings. The van der Waals surface area contributed by atoms with Crippen LogP contribution in [0.15, 0.2) is 91.0 Å². The first kappa shape index (κ1) is 17.5. The van der Waals surface area contributed by atoms with Gasteiger partial charge in [-0.25, -0.2) is 0 Å². The molecular formula is C23H26OSi2. The summed E-state index contributed by atoms with van der Waals surface area (Å²) < 4.78 is 6.51. The van der Waals surface area contributed by atoms with Crippen LogP contribution in [0.2, 0.25) is 19.6 Å². The van der Waals surface area contributed by atoms with Crippen LogP contribution in [0.3, 0.4) is 0 Å². The standard InChI is InChI=1S/C23H26OSi2/c1-25(2,3)23(19-24-23)26(20-13-7-4-8-14-20,21-15-9-5-10-16-21)22-17-11-6-12-18-22/h4-18H,19H2,1-3H3. The Morgan fingerprint density at radius 2 is 0.923 bits per heavy atom. The number of epoxide rings is 1. The largest absolute Gasteiger partial charge is 0.376 e. The first-order chi connectivity index (χ1) is 12.5. The van der Waals surface area contributed by atoms with Crippen molar-refractivity contribution < 1.29 is 4.74 Å². The highest BCUT2D eigenvalue weighted by atomic mass is 28.4. The van der Waals surface area contributed by atoms with Gasteiger partial charge in [-0.15, -0.1) is 0 Å². The van der Waals surface area contributed by atoms with Crippen LogP contribution in [0.5, 0.6) is 0 Å². The van der Waals surface area contributed by atoms with Crippen LogP contribution in [0.25, 0.3) is 0 Å². The van der Waals surface area contributed by atoms with Crippen molar-refractivity contribution in [1.82, 2.24) is 0 Å². The molecule has 0 aromatic heterocycles. The van der Waals surface area contributed by atoms with E-state index in [0.717, 1.165) is 6.61 Å². The lowest BCUT2D eigenvalue weighted by Crippen LogP contribution is -2.81. The zero-order valence-electron chi connectivity index (χ0n) is 15.8. The molecule has 0 radical (unpaired) electrons. The van der Waals surface area contributed by atoms with E-state index in [4.69, 9.17) is 4.74 Å². The van der Waals surface area contributed by atoms with Gasteiger partial charge in [0.2, 0.25) is 0 Å². The van der Waals surface area contributed by atoms with E-state index in [9.17, 15) is 0 Å². The molecule has 0 N–H and O–H groups in total. The Balaban J connectivity index is 2.12. The van der Waals surface area contributed by atoms with Crippen molar-refractivity contribution in [1.29, 1.82) is 0 Å². The molecule has 0 aliphatic carbocycles.